The van der Waals surface area contributed by atoms with Gasteiger partial charge in [-0.15, -0.1) is 0 Å². The van der Waals surface area contributed by atoms with Gasteiger partial charge in [-0.2, -0.15) is 0 Å². The third kappa shape index (κ3) is 33.6. The highest BCUT2D eigenvalue weighted by Crippen LogP contribution is 2.13. The Hall–Kier alpha value is -4.77. The molecular formula is C55H103N9O9. The lowest BCUT2D eigenvalue weighted by atomic mass is 10.0. The van der Waals surface area contributed by atoms with E-state index in [1.165, 1.54) is 6.92 Å². The maximum atomic E-state index is 14.1. The molecule has 73 heavy (non-hydrogen) atoms. The number of carbonyl (C=O) groups excluding carboxylic acids is 9. The molecule has 0 radical (unpaired) electrons. The molecule has 7 atom stereocenters. The smallest absolute Gasteiger partial charge is 0.243 e. The molecule has 0 aromatic rings. The molecular weight excluding hydrogens is 931 g/mol. The number of unbranched alkanes of at least 4 members (excludes halogenated alkanes) is 14. The summed E-state index contributed by atoms with van der Waals surface area (Å²) in [6.45, 7) is 16.8. The first-order valence-electron chi connectivity index (χ1n) is 28.6. The number of amides is 9. The summed E-state index contributed by atoms with van der Waals surface area (Å²) in [5.74, 6) is -4.50. The molecule has 0 bridgehead atoms. The van der Waals surface area contributed by atoms with E-state index in [-0.39, 0.29) is 37.2 Å². The van der Waals surface area contributed by atoms with Gasteiger partial charge in [-0.05, 0) is 51.9 Å². The Bertz CT molecular complexity index is 1600. The van der Waals surface area contributed by atoms with Crippen molar-refractivity contribution in [3.8, 4) is 0 Å². The molecule has 0 aliphatic rings. The van der Waals surface area contributed by atoms with Crippen molar-refractivity contribution in [3.63, 3.8) is 0 Å². The molecule has 0 heterocycles. The van der Waals surface area contributed by atoms with Gasteiger partial charge in [0.15, 0.2) is 0 Å². The van der Waals surface area contributed by atoms with E-state index in [2.05, 4.69) is 54.8 Å². The molecule has 422 valence electrons. The predicted octanol–water partition coefficient (Wildman–Crippen LogP) is 6.71. The van der Waals surface area contributed by atoms with Crippen LogP contribution in [0.15, 0.2) is 0 Å². The molecule has 9 amide bonds. The normalized spacial score (nSPS) is 13.9. The first kappa shape index (κ1) is 68.2. The summed E-state index contributed by atoms with van der Waals surface area (Å²) in [5.41, 5.74) is 0. The molecule has 0 unspecified atom stereocenters. The Balaban J connectivity index is 6.23. The molecule has 18 nitrogen and oxygen atoms in total. The fraction of sp³-hybridized carbons (Fsp3) is 0.836. The second-order valence-corrected chi connectivity index (χ2v) is 20.0. The van der Waals surface area contributed by atoms with Crippen LogP contribution in [0, 0.1) is 0 Å². The van der Waals surface area contributed by atoms with Gasteiger partial charge in [-0.3, -0.25) is 43.2 Å². The minimum Gasteiger partial charge on any atom is -0.352 e. The fourth-order valence-electron chi connectivity index (χ4n) is 8.46. The van der Waals surface area contributed by atoms with E-state index in [9.17, 15) is 43.2 Å². The summed E-state index contributed by atoms with van der Waals surface area (Å²) >= 11 is 0. The molecule has 0 rings (SSSR count). The van der Waals surface area contributed by atoms with Crippen LogP contribution in [0.5, 0.6) is 0 Å². The average Bonchev–Trinajstić information content (AvgIpc) is 3.35. The van der Waals surface area contributed by atoms with Crippen LogP contribution in [0.2, 0.25) is 0 Å². The second-order valence-electron chi connectivity index (χ2n) is 20.0. The van der Waals surface area contributed by atoms with Gasteiger partial charge in [0.2, 0.25) is 53.2 Å². The van der Waals surface area contributed by atoms with E-state index in [0.717, 1.165) is 109 Å². The van der Waals surface area contributed by atoms with E-state index < -0.39 is 84.1 Å². The third-order valence-corrected chi connectivity index (χ3v) is 13.0. The maximum absolute atomic E-state index is 14.1. The van der Waals surface area contributed by atoms with E-state index in [4.69, 9.17) is 0 Å². The van der Waals surface area contributed by atoms with Gasteiger partial charge in [-0.1, -0.05) is 183 Å². The highest BCUT2D eigenvalue weighted by atomic mass is 16.2. The quantitative estimate of drug-likeness (QED) is 0.0293. The Labute approximate surface area is 440 Å². The monoisotopic (exact) mass is 1030 g/mol. The number of carbonyl (C=O) groups is 9. The minimum absolute atomic E-state index is 0.0378. The zero-order valence-corrected chi connectivity index (χ0v) is 46.9. The molecule has 0 aromatic heterocycles. The highest BCUT2D eigenvalue weighted by molar-refractivity contribution is 5.97. The van der Waals surface area contributed by atoms with E-state index in [1.807, 2.05) is 48.5 Å². The van der Waals surface area contributed by atoms with Gasteiger partial charge in [0.05, 0.1) is 13.1 Å². The Morgan fingerprint density at radius 3 is 0.795 bits per heavy atom. The first-order valence-corrected chi connectivity index (χ1v) is 28.6. The largest absolute Gasteiger partial charge is 0.352 e. The molecule has 0 saturated carbocycles. The van der Waals surface area contributed by atoms with Crippen LogP contribution in [-0.2, 0) is 43.2 Å². The van der Waals surface area contributed by atoms with Crippen molar-refractivity contribution in [2.75, 3.05) is 13.1 Å². The molecule has 0 aromatic carbocycles. The molecule has 0 aliphatic carbocycles. The zero-order valence-electron chi connectivity index (χ0n) is 46.9. The van der Waals surface area contributed by atoms with Crippen molar-refractivity contribution in [2.45, 2.75) is 284 Å². The maximum Gasteiger partial charge on any atom is 0.243 e. The van der Waals surface area contributed by atoms with E-state index in [0.29, 0.717) is 57.8 Å². The van der Waals surface area contributed by atoms with Crippen molar-refractivity contribution in [2.24, 2.45) is 0 Å². The van der Waals surface area contributed by atoms with Crippen molar-refractivity contribution < 1.29 is 43.2 Å². The average molecular weight is 1030 g/mol. The van der Waals surface area contributed by atoms with Crippen molar-refractivity contribution in [1.29, 1.82) is 0 Å². The van der Waals surface area contributed by atoms with Gasteiger partial charge >= 0.3 is 0 Å². The molecule has 9 N–H and O–H groups in total. The molecule has 18 heteroatoms. The summed E-state index contributed by atoms with van der Waals surface area (Å²) < 4.78 is 0. The number of rotatable bonds is 45. The van der Waals surface area contributed by atoms with Crippen LogP contribution in [0.25, 0.3) is 0 Å². The van der Waals surface area contributed by atoms with Crippen LogP contribution >= 0.6 is 0 Å². The molecule has 0 saturated heterocycles. The molecule has 0 spiro atoms. The van der Waals surface area contributed by atoms with Crippen LogP contribution in [-0.4, -0.2) is 109 Å². The van der Waals surface area contributed by atoms with Crippen molar-refractivity contribution >= 4 is 53.2 Å². The number of hydrogen-bond acceptors (Lipinski definition) is 9. The van der Waals surface area contributed by atoms with Crippen LogP contribution in [0.3, 0.4) is 0 Å². The first-order chi connectivity index (χ1) is 35.0. The summed E-state index contributed by atoms with van der Waals surface area (Å²) in [6.07, 6.45) is 20.0. The van der Waals surface area contributed by atoms with Gasteiger partial charge in [0.1, 0.15) is 36.3 Å². The Morgan fingerprint density at radius 2 is 0.521 bits per heavy atom. The predicted molar refractivity (Wildman–Crippen MR) is 290 cm³/mol. The zero-order chi connectivity index (χ0) is 54.8. The standard InChI is InChI=1S/C55H103N9O9/c1-10-17-24-31-40(8)58-48(66)38-56-50(68)42(32-25-18-11-2)61-55(73)47(37-30-23-16-7)64-53(71)45(35-28-21-14-5)60-49(67)39-57-51(69)43(33-26-19-12-3)62-54(72)46(36-29-22-15-6)63-52(70)44(59-41(9)65)34-27-20-13-4/h40,42-47H,10-39H2,1-9H3,(H,56,68)(H,57,69)(H,58,66)(H,59,65)(H,60,67)(H,61,73)(H,62,72)(H,63,70)(H,64,71)/t40-,42+,43+,44+,45+,46+,47+/m1/s1. The number of nitrogens with one attached hydrogen (secondary N) is 9. The fourth-order valence-corrected chi connectivity index (χ4v) is 8.46. The summed E-state index contributed by atoms with van der Waals surface area (Å²) in [5, 5.41) is 25.2. The van der Waals surface area contributed by atoms with Gasteiger partial charge in [0.25, 0.3) is 0 Å². The van der Waals surface area contributed by atoms with Crippen molar-refractivity contribution in [1.82, 2.24) is 47.9 Å². The lowest BCUT2D eigenvalue weighted by Gasteiger charge is -2.26. The Morgan fingerprint density at radius 1 is 0.288 bits per heavy atom. The summed E-state index contributed by atoms with van der Waals surface area (Å²) in [4.78, 5) is 121. The van der Waals surface area contributed by atoms with E-state index in [1.54, 1.807) is 0 Å². The second kappa shape index (κ2) is 43.6. The van der Waals surface area contributed by atoms with Gasteiger partial charge in [0, 0.05) is 13.0 Å². The summed E-state index contributed by atoms with van der Waals surface area (Å²) in [7, 11) is 0. The van der Waals surface area contributed by atoms with E-state index >= 15 is 0 Å². The highest BCUT2D eigenvalue weighted by Gasteiger charge is 2.32. The topological polar surface area (TPSA) is 262 Å². The van der Waals surface area contributed by atoms with Gasteiger partial charge in [-0.25, -0.2) is 0 Å². The number of hydrogen-bond donors (Lipinski definition) is 9. The molecule has 0 fully saturated rings. The SMILES string of the molecule is CCCCC[C@@H](C)NC(=O)CNC(=O)[C@H](CCCCC)NC(=O)[C@H](CCCCC)NC(=O)[C@H](CCCCC)NC(=O)CNC(=O)[C@H](CCCCC)NC(=O)[C@H](CCCCC)NC(=O)[C@H](CCCCC)NC(C)=O. The van der Waals surface area contributed by atoms with Crippen LogP contribution in [0.1, 0.15) is 242 Å². The van der Waals surface area contributed by atoms with Gasteiger partial charge < -0.3 is 47.9 Å². The molecule has 0 aliphatic heterocycles. The Kier molecular flexibility index (Phi) is 40.8. The summed E-state index contributed by atoms with van der Waals surface area (Å²) in [6, 6.07) is -5.82. The third-order valence-electron chi connectivity index (χ3n) is 13.0. The van der Waals surface area contributed by atoms with Crippen LogP contribution in [0.4, 0.5) is 0 Å². The lowest BCUT2D eigenvalue weighted by Crippen LogP contribution is -2.58. The lowest BCUT2D eigenvalue weighted by molar-refractivity contribution is -0.135. The minimum atomic E-state index is -1.04. The van der Waals surface area contributed by atoms with Crippen LogP contribution < -0.4 is 47.9 Å². The van der Waals surface area contributed by atoms with Crippen molar-refractivity contribution in [3.05, 3.63) is 0 Å².